The van der Waals surface area contributed by atoms with Crippen molar-refractivity contribution in [3.05, 3.63) is 0 Å². The molecule has 0 unspecified atom stereocenters. The standard InChI is InChI=1S/C17H35N5O.HI/c1-14(2)21-16(23)6-10-20-17(18-4)19-9-5-11-22-12-7-15(3)8-13-22;/h14-15H,5-13H2,1-4H3,(H,21,23)(H2,18,19,20);1H. The van der Waals surface area contributed by atoms with E-state index in [0.29, 0.717) is 13.0 Å². The number of hydrogen-bond donors (Lipinski definition) is 3. The van der Waals surface area contributed by atoms with Crippen LogP contribution in [0.25, 0.3) is 0 Å². The first-order valence-electron chi connectivity index (χ1n) is 8.97. The Labute approximate surface area is 164 Å². The fourth-order valence-electron chi connectivity index (χ4n) is 2.70. The molecule has 0 atom stereocenters. The van der Waals surface area contributed by atoms with Crippen LogP contribution in [0.4, 0.5) is 0 Å². The SMILES string of the molecule is CN=C(NCCCN1CCC(C)CC1)NCCC(=O)NC(C)C.I. The molecule has 1 saturated heterocycles. The number of halogens is 1. The molecule has 7 heteroatoms. The van der Waals surface area contributed by atoms with Gasteiger partial charge in [-0.1, -0.05) is 6.92 Å². The zero-order chi connectivity index (χ0) is 17.1. The summed E-state index contributed by atoms with van der Waals surface area (Å²) >= 11 is 0. The van der Waals surface area contributed by atoms with Gasteiger partial charge in [-0.05, 0) is 58.7 Å². The summed E-state index contributed by atoms with van der Waals surface area (Å²) in [5.41, 5.74) is 0. The van der Waals surface area contributed by atoms with Crippen molar-refractivity contribution in [3.8, 4) is 0 Å². The van der Waals surface area contributed by atoms with Crippen molar-refractivity contribution in [2.45, 2.75) is 52.5 Å². The molecule has 0 aliphatic carbocycles. The molecular weight excluding hydrogens is 417 g/mol. The van der Waals surface area contributed by atoms with Crippen LogP contribution in [0.1, 0.15) is 46.5 Å². The topological polar surface area (TPSA) is 68.8 Å². The first-order chi connectivity index (χ1) is 11.0. The zero-order valence-electron chi connectivity index (χ0n) is 15.7. The van der Waals surface area contributed by atoms with Gasteiger partial charge in [0, 0.05) is 32.6 Å². The quantitative estimate of drug-likeness (QED) is 0.227. The van der Waals surface area contributed by atoms with E-state index in [1.165, 1.54) is 25.9 Å². The lowest BCUT2D eigenvalue weighted by Crippen LogP contribution is -2.41. The highest BCUT2D eigenvalue weighted by Crippen LogP contribution is 2.15. The number of likely N-dealkylation sites (tertiary alicyclic amines) is 1. The number of carbonyl (C=O) groups is 1. The van der Waals surface area contributed by atoms with E-state index < -0.39 is 0 Å². The van der Waals surface area contributed by atoms with Gasteiger partial charge in [0.05, 0.1) is 0 Å². The van der Waals surface area contributed by atoms with Crippen LogP contribution in [0.5, 0.6) is 0 Å². The van der Waals surface area contributed by atoms with E-state index in [9.17, 15) is 4.79 Å². The number of guanidine groups is 1. The Morgan fingerprint density at radius 1 is 1.21 bits per heavy atom. The third-order valence-corrected chi connectivity index (χ3v) is 4.14. The highest BCUT2D eigenvalue weighted by Gasteiger charge is 2.14. The third-order valence-electron chi connectivity index (χ3n) is 4.14. The molecule has 1 heterocycles. The Morgan fingerprint density at radius 2 is 1.83 bits per heavy atom. The Bertz CT molecular complexity index is 368. The molecule has 0 bridgehead atoms. The molecule has 0 spiro atoms. The molecule has 0 aromatic carbocycles. The van der Waals surface area contributed by atoms with E-state index in [2.05, 4.69) is 32.8 Å². The number of piperidine rings is 1. The predicted octanol–water partition coefficient (Wildman–Crippen LogP) is 1.81. The highest BCUT2D eigenvalue weighted by atomic mass is 127. The number of hydrogen-bond acceptors (Lipinski definition) is 3. The molecular formula is C17H36IN5O. The second kappa shape index (κ2) is 13.7. The third kappa shape index (κ3) is 11.1. The average molecular weight is 453 g/mol. The molecule has 142 valence electrons. The van der Waals surface area contributed by atoms with Crippen molar-refractivity contribution in [2.75, 3.05) is 39.8 Å². The Hall–Kier alpha value is -0.570. The van der Waals surface area contributed by atoms with Crippen LogP contribution < -0.4 is 16.0 Å². The van der Waals surface area contributed by atoms with Crippen molar-refractivity contribution in [3.63, 3.8) is 0 Å². The van der Waals surface area contributed by atoms with Crippen molar-refractivity contribution < 1.29 is 4.79 Å². The second-order valence-electron chi connectivity index (χ2n) is 6.78. The monoisotopic (exact) mass is 453 g/mol. The number of amides is 1. The molecule has 3 N–H and O–H groups in total. The lowest BCUT2D eigenvalue weighted by molar-refractivity contribution is -0.121. The van der Waals surface area contributed by atoms with E-state index in [0.717, 1.165) is 31.4 Å². The molecule has 1 rings (SSSR count). The Kier molecular flexibility index (Phi) is 13.4. The van der Waals surface area contributed by atoms with Crippen molar-refractivity contribution in [2.24, 2.45) is 10.9 Å². The summed E-state index contributed by atoms with van der Waals surface area (Å²) in [5.74, 6) is 1.73. The van der Waals surface area contributed by atoms with E-state index in [1.54, 1.807) is 7.05 Å². The van der Waals surface area contributed by atoms with Crippen LogP contribution in [0.15, 0.2) is 4.99 Å². The normalized spacial score (nSPS) is 16.6. The van der Waals surface area contributed by atoms with Crippen molar-refractivity contribution >= 4 is 35.8 Å². The van der Waals surface area contributed by atoms with Crippen LogP contribution in [0.2, 0.25) is 0 Å². The fraction of sp³-hybridized carbons (Fsp3) is 0.882. The maximum atomic E-state index is 11.6. The van der Waals surface area contributed by atoms with Gasteiger partial charge in [-0.3, -0.25) is 9.79 Å². The molecule has 0 aromatic rings. The first-order valence-corrected chi connectivity index (χ1v) is 8.97. The Balaban J connectivity index is 0.00000529. The van der Waals surface area contributed by atoms with Gasteiger partial charge in [0.15, 0.2) is 5.96 Å². The largest absolute Gasteiger partial charge is 0.356 e. The van der Waals surface area contributed by atoms with Crippen LogP contribution in [0.3, 0.4) is 0 Å². The minimum Gasteiger partial charge on any atom is -0.356 e. The average Bonchev–Trinajstić information content (AvgIpc) is 2.50. The Morgan fingerprint density at radius 3 is 2.42 bits per heavy atom. The number of aliphatic imine (C=N–C) groups is 1. The molecule has 1 fully saturated rings. The molecule has 0 aromatic heterocycles. The summed E-state index contributed by atoms with van der Waals surface area (Å²) in [6.45, 7) is 11.4. The van der Waals surface area contributed by atoms with Crippen LogP contribution in [-0.2, 0) is 4.79 Å². The van der Waals surface area contributed by atoms with Crippen molar-refractivity contribution in [1.82, 2.24) is 20.9 Å². The lowest BCUT2D eigenvalue weighted by Gasteiger charge is -2.30. The van der Waals surface area contributed by atoms with Gasteiger partial charge in [0.25, 0.3) is 0 Å². The summed E-state index contributed by atoms with van der Waals surface area (Å²) in [7, 11) is 1.76. The zero-order valence-corrected chi connectivity index (χ0v) is 18.1. The minimum absolute atomic E-state index is 0. The van der Waals surface area contributed by atoms with Gasteiger partial charge in [-0.2, -0.15) is 0 Å². The summed E-state index contributed by atoms with van der Waals surface area (Å²) < 4.78 is 0. The fourth-order valence-corrected chi connectivity index (χ4v) is 2.70. The summed E-state index contributed by atoms with van der Waals surface area (Å²) in [6, 6.07) is 0.192. The van der Waals surface area contributed by atoms with Gasteiger partial charge in [0.1, 0.15) is 0 Å². The van der Waals surface area contributed by atoms with Gasteiger partial charge in [-0.15, -0.1) is 24.0 Å². The number of rotatable bonds is 8. The maximum absolute atomic E-state index is 11.6. The predicted molar refractivity (Wildman–Crippen MR) is 112 cm³/mol. The molecule has 6 nitrogen and oxygen atoms in total. The summed E-state index contributed by atoms with van der Waals surface area (Å²) in [6.07, 6.45) is 4.23. The maximum Gasteiger partial charge on any atom is 0.221 e. The second-order valence-corrected chi connectivity index (χ2v) is 6.78. The highest BCUT2D eigenvalue weighted by molar-refractivity contribution is 14.0. The van der Waals surface area contributed by atoms with Gasteiger partial charge >= 0.3 is 0 Å². The minimum atomic E-state index is 0. The number of carbonyl (C=O) groups excluding carboxylic acids is 1. The smallest absolute Gasteiger partial charge is 0.221 e. The van der Waals surface area contributed by atoms with Gasteiger partial charge < -0.3 is 20.9 Å². The van der Waals surface area contributed by atoms with E-state index in [1.807, 2.05) is 13.8 Å². The van der Waals surface area contributed by atoms with E-state index in [-0.39, 0.29) is 35.9 Å². The van der Waals surface area contributed by atoms with Gasteiger partial charge in [0.2, 0.25) is 5.91 Å². The molecule has 1 amide bonds. The molecule has 0 saturated carbocycles. The molecule has 1 aliphatic heterocycles. The molecule has 1 aliphatic rings. The van der Waals surface area contributed by atoms with E-state index in [4.69, 9.17) is 0 Å². The summed E-state index contributed by atoms with van der Waals surface area (Å²) in [4.78, 5) is 18.3. The van der Waals surface area contributed by atoms with Crippen molar-refractivity contribution in [1.29, 1.82) is 0 Å². The summed E-state index contributed by atoms with van der Waals surface area (Å²) in [5, 5.41) is 9.38. The lowest BCUT2D eigenvalue weighted by atomic mass is 9.99. The number of nitrogens with one attached hydrogen (secondary N) is 3. The van der Waals surface area contributed by atoms with E-state index >= 15 is 0 Å². The molecule has 0 radical (unpaired) electrons. The molecule has 24 heavy (non-hydrogen) atoms. The first kappa shape index (κ1) is 23.4. The van der Waals surface area contributed by atoms with Crippen LogP contribution >= 0.6 is 24.0 Å². The number of nitrogens with zero attached hydrogens (tertiary/aromatic N) is 2. The van der Waals surface area contributed by atoms with Gasteiger partial charge in [-0.25, -0.2) is 0 Å². The van der Waals surface area contributed by atoms with Crippen LogP contribution in [0, 0.1) is 5.92 Å². The van der Waals surface area contributed by atoms with Crippen LogP contribution in [-0.4, -0.2) is 62.6 Å².